The molecule has 0 aliphatic heterocycles. The van der Waals surface area contributed by atoms with Crippen LogP contribution in [0.15, 0.2) is 48.5 Å². The molecule has 2 aromatic rings. The van der Waals surface area contributed by atoms with Crippen molar-refractivity contribution in [2.24, 2.45) is 0 Å². The molecule has 0 aromatic heterocycles. The normalized spacial score (nSPS) is 10.4. The van der Waals surface area contributed by atoms with Crippen molar-refractivity contribution in [2.45, 2.75) is 26.7 Å². The average Bonchev–Trinajstić information content (AvgIpc) is 2.60. The second kappa shape index (κ2) is 9.57. The van der Waals surface area contributed by atoms with Gasteiger partial charge in [0.1, 0.15) is 18.1 Å². The van der Waals surface area contributed by atoms with Gasteiger partial charge in [-0.05, 0) is 42.7 Å². The van der Waals surface area contributed by atoms with Crippen LogP contribution in [0.1, 0.15) is 32.3 Å². The largest absolute Gasteiger partial charge is 0.494 e. The zero-order valence-corrected chi connectivity index (χ0v) is 15.0. The Morgan fingerprint density at radius 3 is 2.36 bits per heavy atom. The van der Waals surface area contributed by atoms with Gasteiger partial charge in [0.25, 0.3) is 0 Å². The molecule has 0 atom stereocenters. The minimum atomic E-state index is -0.246. The fourth-order valence-electron chi connectivity index (χ4n) is 2.28. The van der Waals surface area contributed by atoms with Gasteiger partial charge < -0.3 is 20.1 Å². The number of carbonyl (C=O) groups excluding carboxylic acids is 1. The van der Waals surface area contributed by atoms with Crippen LogP contribution in [-0.4, -0.2) is 25.8 Å². The quantitative estimate of drug-likeness (QED) is 0.699. The third kappa shape index (κ3) is 6.37. The highest BCUT2D eigenvalue weighted by atomic mass is 16.5. The van der Waals surface area contributed by atoms with Crippen LogP contribution in [0.4, 0.5) is 10.5 Å². The number of benzene rings is 2. The van der Waals surface area contributed by atoms with E-state index in [9.17, 15) is 4.79 Å². The van der Waals surface area contributed by atoms with E-state index in [0.717, 1.165) is 17.2 Å². The van der Waals surface area contributed by atoms with Crippen molar-refractivity contribution >= 4 is 11.7 Å². The van der Waals surface area contributed by atoms with Gasteiger partial charge >= 0.3 is 6.03 Å². The average molecular weight is 342 g/mol. The summed E-state index contributed by atoms with van der Waals surface area (Å²) in [5.74, 6) is 1.97. The van der Waals surface area contributed by atoms with Crippen molar-refractivity contribution < 1.29 is 14.3 Å². The van der Waals surface area contributed by atoms with Crippen LogP contribution >= 0.6 is 0 Å². The minimum absolute atomic E-state index is 0.246. The molecule has 0 heterocycles. The van der Waals surface area contributed by atoms with Crippen molar-refractivity contribution in [3.8, 4) is 11.5 Å². The maximum absolute atomic E-state index is 11.9. The molecule has 0 saturated heterocycles. The summed E-state index contributed by atoms with van der Waals surface area (Å²) in [5, 5.41) is 5.58. The van der Waals surface area contributed by atoms with Crippen molar-refractivity contribution in [2.75, 3.05) is 25.1 Å². The molecule has 5 nitrogen and oxygen atoms in total. The molecule has 0 aliphatic carbocycles. The third-order valence-electron chi connectivity index (χ3n) is 3.61. The monoisotopic (exact) mass is 342 g/mol. The Morgan fingerprint density at radius 1 is 1.04 bits per heavy atom. The van der Waals surface area contributed by atoms with Gasteiger partial charge in [0, 0.05) is 11.8 Å². The van der Waals surface area contributed by atoms with Gasteiger partial charge in [0.15, 0.2) is 0 Å². The molecule has 2 aromatic carbocycles. The standard InChI is InChI=1S/C20H26N2O3/c1-4-24-18-6-5-7-19(14-18)25-13-12-21-20(23)22-17-10-8-16(9-11-17)15(2)3/h5-11,14-15H,4,12-13H2,1-3H3,(H2,21,22,23). The summed E-state index contributed by atoms with van der Waals surface area (Å²) < 4.78 is 11.0. The fourth-order valence-corrected chi connectivity index (χ4v) is 2.28. The van der Waals surface area contributed by atoms with E-state index in [1.54, 1.807) is 0 Å². The van der Waals surface area contributed by atoms with Crippen LogP contribution in [0.25, 0.3) is 0 Å². The van der Waals surface area contributed by atoms with Crippen LogP contribution in [0.2, 0.25) is 0 Å². The molecule has 0 bridgehead atoms. The SMILES string of the molecule is CCOc1cccc(OCCNC(=O)Nc2ccc(C(C)C)cc2)c1. The number of anilines is 1. The number of nitrogens with one attached hydrogen (secondary N) is 2. The first kappa shape index (κ1) is 18.6. The Balaban J connectivity index is 1.70. The second-order valence-corrected chi connectivity index (χ2v) is 5.91. The summed E-state index contributed by atoms with van der Waals surface area (Å²) in [6.07, 6.45) is 0. The summed E-state index contributed by atoms with van der Waals surface area (Å²) >= 11 is 0. The molecule has 0 saturated carbocycles. The predicted octanol–water partition coefficient (Wildman–Crippen LogP) is 4.41. The van der Waals surface area contributed by atoms with Gasteiger partial charge in [-0.1, -0.05) is 32.0 Å². The number of hydrogen-bond donors (Lipinski definition) is 2. The Labute approximate surface area is 149 Å². The maximum Gasteiger partial charge on any atom is 0.319 e. The highest BCUT2D eigenvalue weighted by molar-refractivity contribution is 5.89. The summed E-state index contributed by atoms with van der Waals surface area (Å²) in [6.45, 7) is 7.62. The molecular formula is C20H26N2O3. The fraction of sp³-hybridized carbons (Fsp3) is 0.350. The molecule has 134 valence electrons. The summed E-state index contributed by atoms with van der Waals surface area (Å²) in [4.78, 5) is 11.9. The van der Waals surface area contributed by atoms with Gasteiger partial charge in [-0.25, -0.2) is 4.79 Å². The highest BCUT2D eigenvalue weighted by Crippen LogP contribution is 2.19. The molecule has 2 rings (SSSR count). The van der Waals surface area contributed by atoms with Crippen LogP contribution < -0.4 is 20.1 Å². The summed E-state index contributed by atoms with van der Waals surface area (Å²) in [6, 6.07) is 15.1. The smallest absolute Gasteiger partial charge is 0.319 e. The lowest BCUT2D eigenvalue weighted by Crippen LogP contribution is -2.32. The lowest BCUT2D eigenvalue weighted by molar-refractivity contribution is 0.247. The van der Waals surface area contributed by atoms with Gasteiger partial charge in [-0.3, -0.25) is 0 Å². The van der Waals surface area contributed by atoms with E-state index in [0.29, 0.717) is 25.7 Å². The Kier molecular flexibility index (Phi) is 7.14. The number of amides is 2. The second-order valence-electron chi connectivity index (χ2n) is 5.91. The Morgan fingerprint density at radius 2 is 1.72 bits per heavy atom. The van der Waals surface area contributed by atoms with Crippen molar-refractivity contribution in [3.63, 3.8) is 0 Å². The van der Waals surface area contributed by atoms with Gasteiger partial charge in [-0.2, -0.15) is 0 Å². The highest BCUT2D eigenvalue weighted by Gasteiger charge is 2.03. The molecule has 5 heteroatoms. The molecule has 0 spiro atoms. The van der Waals surface area contributed by atoms with E-state index in [2.05, 4.69) is 24.5 Å². The first-order valence-electron chi connectivity index (χ1n) is 8.59. The van der Waals surface area contributed by atoms with Crippen LogP contribution in [-0.2, 0) is 0 Å². The van der Waals surface area contributed by atoms with E-state index in [1.807, 2.05) is 55.5 Å². The predicted molar refractivity (Wildman–Crippen MR) is 101 cm³/mol. The molecule has 0 aliphatic rings. The van der Waals surface area contributed by atoms with Gasteiger partial charge in [0.05, 0.1) is 13.2 Å². The molecule has 0 unspecified atom stereocenters. The lowest BCUT2D eigenvalue weighted by atomic mass is 10.0. The van der Waals surface area contributed by atoms with Gasteiger partial charge in [-0.15, -0.1) is 0 Å². The number of rotatable bonds is 8. The lowest BCUT2D eigenvalue weighted by Gasteiger charge is -2.11. The molecule has 2 amide bonds. The number of carbonyl (C=O) groups is 1. The van der Waals surface area contributed by atoms with Crippen molar-refractivity contribution in [3.05, 3.63) is 54.1 Å². The Hall–Kier alpha value is -2.69. The van der Waals surface area contributed by atoms with E-state index >= 15 is 0 Å². The van der Waals surface area contributed by atoms with Crippen LogP contribution in [0, 0.1) is 0 Å². The molecule has 2 N–H and O–H groups in total. The number of urea groups is 1. The molecule has 25 heavy (non-hydrogen) atoms. The molecule has 0 fully saturated rings. The van der Waals surface area contributed by atoms with E-state index in [-0.39, 0.29) is 6.03 Å². The van der Waals surface area contributed by atoms with Crippen LogP contribution in [0.3, 0.4) is 0 Å². The molecular weight excluding hydrogens is 316 g/mol. The Bertz CT molecular complexity index is 669. The van der Waals surface area contributed by atoms with Crippen LogP contribution in [0.5, 0.6) is 11.5 Å². The van der Waals surface area contributed by atoms with E-state index < -0.39 is 0 Å². The topological polar surface area (TPSA) is 59.6 Å². The zero-order valence-electron chi connectivity index (χ0n) is 15.0. The van der Waals surface area contributed by atoms with E-state index in [4.69, 9.17) is 9.47 Å². The van der Waals surface area contributed by atoms with Gasteiger partial charge in [0.2, 0.25) is 0 Å². The first-order valence-corrected chi connectivity index (χ1v) is 8.59. The maximum atomic E-state index is 11.9. The van der Waals surface area contributed by atoms with Crippen molar-refractivity contribution in [1.29, 1.82) is 0 Å². The number of hydrogen-bond acceptors (Lipinski definition) is 3. The molecule has 0 radical (unpaired) electrons. The first-order chi connectivity index (χ1) is 12.1. The number of ether oxygens (including phenoxy) is 2. The third-order valence-corrected chi connectivity index (χ3v) is 3.61. The minimum Gasteiger partial charge on any atom is -0.494 e. The summed E-state index contributed by atoms with van der Waals surface area (Å²) in [5.41, 5.74) is 2.01. The summed E-state index contributed by atoms with van der Waals surface area (Å²) in [7, 11) is 0. The zero-order chi connectivity index (χ0) is 18.1. The van der Waals surface area contributed by atoms with E-state index in [1.165, 1.54) is 5.56 Å². The van der Waals surface area contributed by atoms with Crippen molar-refractivity contribution in [1.82, 2.24) is 5.32 Å².